The molecule has 0 N–H and O–H groups in total. The lowest BCUT2D eigenvalue weighted by Gasteiger charge is -2.27. The lowest BCUT2D eigenvalue weighted by atomic mass is 10.2. The first-order valence-corrected chi connectivity index (χ1v) is 9.29. The molecule has 0 amide bonds. The predicted octanol–water partition coefficient (Wildman–Crippen LogP) is 2.85. The second kappa shape index (κ2) is 7.64. The monoisotopic (exact) mass is 347 g/mol. The van der Waals surface area contributed by atoms with E-state index in [2.05, 4.69) is 6.92 Å². The summed E-state index contributed by atoms with van der Waals surface area (Å²) in [6.45, 7) is 5.89. The van der Waals surface area contributed by atoms with E-state index in [4.69, 9.17) is 21.1 Å². The molecular formula is C15H22ClNO4S. The van der Waals surface area contributed by atoms with E-state index in [1.54, 1.807) is 6.07 Å². The number of aryl methyl sites for hydroxylation is 1. The first kappa shape index (κ1) is 17.5. The molecule has 0 spiro atoms. The molecule has 1 aliphatic rings. The Balaban J connectivity index is 2.36. The Kier molecular flexibility index (Phi) is 6.09. The minimum Gasteiger partial charge on any atom is -0.492 e. The van der Waals surface area contributed by atoms with Crippen LogP contribution in [0.3, 0.4) is 0 Å². The third kappa shape index (κ3) is 3.93. The molecule has 0 aromatic heterocycles. The number of ether oxygens (including phenoxy) is 2. The van der Waals surface area contributed by atoms with Gasteiger partial charge in [0.05, 0.1) is 19.8 Å². The summed E-state index contributed by atoms with van der Waals surface area (Å²) in [6.07, 6.45) is 1.86. The number of sulfonamides is 1. The molecule has 0 radical (unpaired) electrons. The Morgan fingerprint density at radius 2 is 2.00 bits per heavy atom. The van der Waals surface area contributed by atoms with Gasteiger partial charge in [0.1, 0.15) is 10.6 Å². The summed E-state index contributed by atoms with van der Waals surface area (Å²) in [6, 6.07) is 3.19. The van der Waals surface area contributed by atoms with E-state index in [1.807, 2.05) is 6.92 Å². The van der Waals surface area contributed by atoms with Crippen LogP contribution in [0, 0.1) is 6.92 Å². The van der Waals surface area contributed by atoms with Crippen LogP contribution in [0.25, 0.3) is 0 Å². The van der Waals surface area contributed by atoms with Crippen molar-refractivity contribution in [2.75, 3.05) is 32.9 Å². The standard InChI is InChI=1S/C15H22ClNO4S/c1-3-4-7-21-14-10-12(2)13(16)11-15(14)22(18,19)17-5-8-20-9-6-17/h10-11H,3-9H2,1-2H3. The van der Waals surface area contributed by atoms with Crippen molar-refractivity contribution in [1.82, 2.24) is 4.31 Å². The molecule has 1 aromatic carbocycles. The first-order valence-electron chi connectivity index (χ1n) is 7.47. The molecule has 0 atom stereocenters. The average Bonchev–Trinajstić information content (AvgIpc) is 2.51. The number of hydrogen-bond donors (Lipinski definition) is 0. The van der Waals surface area contributed by atoms with Crippen molar-refractivity contribution < 1.29 is 17.9 Å². The number of morpholine rings is 1. The highest BCUT2D eigenvalue weighted by atomic mass is 35.5. The Hall–Kier alpha value is -0.820. The smallest absolute Gasteiger partial charge is 0.246 e. The highest BCUT2D eigenvalue weighted by molar-refractivity contribution is 7.89. The molecule has 1 fully saturated rings. The number of benzene rings is 1. The Morgan fingerprint density at radius 1 is 1.32 bits per heavy atom. The predicted molar refractivity (Wildman–Crippen MR) is 86.2 cm³/mol. The summed E-state index contributed by atoms with van der Waals surface area (Å²) in [5.74, 6) is 0.377. The molecule has 0 bridgehead atoms. The average molecular weight is 348 g/mol. The zero-order valence-electron chi connectivity index (χ0n) is 13.0. The van der Waals surface area contributed by atoms with Gasteiger partial charge in [0, 0.05) is 18.1 Å². The summed E-state index contributed by atoms with van der Waals surface area (Å²) in [5.41, 5.74) is 0.800. The third-order valence-electron chi connectivity index (χ3n) is 3.57. The number of unbranched alkanes of at least 4 members (excludes halogenated alkanes) is 1. The van der Waals surface area contributed by atoms with Crippen molar-refractivity contribution >= 4 is 21.6 Å². The fraction of sp³-hybridized carbons (Fsp3) is 0.600. The van der Waals surface area contributed by atoms with E-state index in [0.29, 0.717) is 43.7 Å². The molecule has 1 heterocycles. The van der Waals surface area contributed by atoms with Crippen molar-refractivity contribution in [2.45, 2.75) is 31.6 Å². The molecule has 0 saturated carbocycles. The van der Waals surface area contributed by atoms with E-state index in [9.17, 15) is 8.42 Å². The van der Waals surface area contributed by atoms with Crippen molar-refractivity contribution in [1.29, 1.82) is 0 Å². The van der Waals surface area contributed by atoms with E-state index >= 15 is 0 Å². The van der Waals surface area contributed by atoms with Gasteiger partial charge in [0.25, 0.3) is 0 Å². The summed E-state index contributed by atoms with van der Waals surface area (Å²) in [5, 5.41) is 0.426. The van der Waals surface area contributed by atoms with Crippen LogP contribution < -0.4 is 4.74 Å². The second-order valence-corrected chi connectivity index (χ2v) is 7.58. The lowest BCUT2D eigenvalue weighted by molar-refractivity contribution is 0.0729. The number of hydrogen-bond acceptors (Lipinski definition) is 4. The Morgan fingerprint density at radius 3 is 2.64 bits per heavy atom. The molecular weight excluding hydrogens is 326 g/mol. The number of halogens is 1. The maximum atomic E-state index is 12.8. The maximum absolute atomic E-state index is 12.8. The van der Waals surface area contributed by atoms with Crippen LogP contribution in [0.2, 0.25) is 5.02 Å². The summed E-state index contributed by atoms with van der Waals surface area (Å²) in [7, 11) is -3.63. The van der Waals surface area contributed by atoms with E-state index in [0.717, 1.165) is 18.4 Å². The van der Waals surface area contributed by atoms with Gasteiger partial charge in [0.2, 0.25) is 10.0 Å². The Labute approximate surface area is 137 Å². The summed E-state index contributed by atoms with van der Waals surface area (Å²) < 4.78 is 38.0. The minimum absolute atomic E-state index is 0.140. The van der Waals surface area contributed by atoms with Crippen LogP contribution in [0.4, 0.5) is 0 Å². The molecule has 7 heteroatoms. The van der Waals surface area contributed by atoms with Gasteiger partial charge in [-0.2, -0.15) is 4.31 Å². The topological polar surface area (TPSA) is 55.8 Å². The van der Waals surface area contributed by atoms with Gasteiger partial charge in [-0.1, -0.05) is 24.9 Å². The largest absolute Gasteiger partial charge is 0.492 e. The molecule has 1 aliphatic heterocycles. The zero-order valence-corrected chi connectivity index (χ0v) is 14.5. The third-order valence-corrected chi connectivity index (χ3v) is 5.90. The molecule has 22 heavy (non-hydrogen) atoms. The number of rotatable bonds is 6. The van der Waals surface area contributed by atoms with Gasteiger partial charge < -0.3 is 9.47 Å². The highest BCUT2D eigenvalue weighted by Gasteiger charge is 2.30. The van der Waals surface area contributed by atoms with E-state index in [1.165, 1.54) is 10.4 Å². The van der Waals surface area contributed by atoms with Gasteiger partial charge in [-0.3, -0.25) is 0 Å². The van der Waals surface area contributed by atoms with Gasteiger partial charge in [-0.25, -0.2) is 8.42 Å². The molecule has 2 rings (SSSR count). The van der Waals surface area contributed by atoms with Crippen LogP contribution in [0.15, 0.2) is 17.0 Å². The van der Waals surface area contributed by atoms with Crippen LogP contribution in [0.5, 0.6) is 5.75 Å². The van der Waals surface area contributed by atoms with Crippen LogP contribution in [-0.2, 0) is 14.8 Å². The minimum atomic E-state index is -3.63. The SMILES string of the molecule is CCCCOc1cc(C)c(Cl)cc1S(=O)(=O)N1CCOCC1. The van der Waals surface area contributed by atoms with Crippen LogP contribution >= 0.6 is 11.6 Å². The van der Waals surface area contributed by atoms with Crippen molar-refractivity contribution in [2.24, 2.45) is 0 Å². The summed E-state index contributed by atoms with van der Waals surface area (Å²) >= 11 is 6.13. The van der Waals surface area contributed by atoms with Crippen molar-refractivity contribution in [3.05, 3.63) is 22.7 Å². The molecule has 1 saturated heterocycles. The van der Waals surface area contributed by atoms with Gasteiger partial charge >= 0.3 is 0 Å². The molecule has 5 nitrogen and oxygen atoms in total. The van der Waals surface area contributed by atoms with Crippen LogP contribution in [0.1, 0.15) is 25.3 Å². The Bertz CT molecular complexity index is 612. The maximum Gasteiger partial charge on any atom is 0.246 e. The molecule has 0 aliphatic carbocycles. The summed E-state index contributed by atoms with van der Waals surface area (Å²) in [4.78, 5) is 0.140. The lowest BCUT2D eigenvalue weighted by Crippen LogP contribution is -2.40. The van der Waals surface area contributed by atoms with Gasteiger partial charge in [-0.05, 0) is 31.0 Å². The van der Waals surface area contributed by atoms with Crippen molar-refractivity contribution in [3.63, 3.8) is 0 Å². The molecule has 1 aromatic rings. The quantitative estimate of drug-likeness (QED) is 0.742. The zero-order chi connectivity index (χ0) is 16.2. The van der Waals surface area contributed by atoms with E-state index in [-0.39, 0.29) is 4.90 Å². The molecule has 124 valence electrons. The molecule has 0 unspecified atom stereocenters. The fourth-order valence-electron chi connectivity index (χ4n) is 2.20. The second-order valence-electron chi connectivity index (χ2n) is 5.27. The van der Waals surface area contributed by atoms with Crippen LogP contribution in [-0.4, -0.2) is 45.6 Å². The van der Waals surface area contributed by atoms with Gasteiger partial charge in [-0.15, -0.1) is 0 Å². The van der Waals surface area contributed by atoms with Gasteiger partial charge in [0.15, 0.2) is 0 Å². The van der Waals surface area contributed by atoms with E-state index < -0.39 is 10.0 Å². The fourth-order valence-corrected chi connectivity index (χ4v) is 3.98. The van der Waals surface area contributed by atoms with Crippen molar-refractivity contribution in [3.8, 4) is 5.75 Å². The highest BCUT2D eigenvalue weighted by Crippen LogP contribution is 2.32. The first-order chi connectivity index (χ1) is 10.5. The number of nitrogens with zero attached hydrogens (tertiary/aromatic N) is 1. The normalized spacial score (nSPS) is 16.7.